The van der Waals surface area contributed by atoms with Gasteiger partial charge in [-0.1, -0.05) is 6.07 Å². The molecule has 0 saturated heterocycles. The quantitative estimate of drug-likeness (QED) is 0.308. The highest BCUT2D eigenvalue weighted by molar-refractivity contribution is 6.16. The first-order valence-electron chi connectivity index (χ1n) is 12.7. The molecule has 0 amide bonds. The highest BCUT2D eigenvalue weighted by atomic mass is 16.5. The minimum absolute atomic E-state index is 0.123. The zero-order valence-corrected chi connectivity index (χ0v) is 22.7. The van der Waals surface area contributed by atoms with E-state index in [1.165, 1.54) is 0 Å². The molecule has 3 heterocycles. The lowest BCUT2D eigenvalue weighted by molar-refractivity contribution is 0.0871. The normalized spacial score (nSPS) is 15.6. The van der Waals surface area contributed by atoms with E-state index in [2.05, 4.69) is 4.90 Å². The van der Waals surface area contributed by atoms with Crippen molar-refractivity contribution in [3.05, 3.63) is 82.2 Å². The lowest BCUT2D eigenvalue weighted by atomic mass is 9.98. The number of nitrogens with zero attached hydrogens (tertiary/aromatic N) is 2. The summed E-state index contributed by atoms with van der Waals surface area (Å²) in [6, 6.07) is 13.7. The van der Waals surface area contributed by atoms with Crippen LogP contribution in [0.5, 0.6) is 28.7 Å². The summed E-state index contributed by atoms with van der Waals surface area (Å²) in [5, 5.41) is 0.986. The second-order valence-electron chi connectivity index (χ2n) is 9.84. The number of rotatable bonds is 6. The average molecular weight is 527 g/mol. The predicted octanol–water partition coefficient (Wildman–Crippen LogP) is 5.48. The van der Waals surface area contributed by atoms with Crippen LogP contribution in [0.3, 0.4) is 0 Å². The molecule has 0 aliphatic carbocycles. The van der Waals surface area contributed by atoms with Crippen molar-refractivity contribution in [2.75, 3.05) is 28.1 Å². The second-order valence-corrected chi connectivity index (χ2v) is 9.84. The van der Waals surface area contributed by atoms with Crippen LogP contribution in [0.25, 0.3) is 17.0 Å². The van der Waals surface area contributed by atoms with E-state index in [-0.39, 0.29) is 5.78 Å². The molecule has 6 rings (SSSR count). The van der Waals surface area contributed by atoms with E-state index in [4.69, 9.17) is 23.7 Å². The lowest BCUT2D eigenvalue weighted by Gasteiger charge is -2.30. The Labute approximate surface area is 226 Å². The third-order valence-electron chi connectivity index (χ3n) is 7.36. The fraction of sp³-hybridized carbons (Fsp3) is 0.258. The summed E-state index contributed by atoms with van der Waals surface area (Å²) >= 11 is 0. The maximum Gasteiger partial charge on any atom is 0.232 e. The summed E-state index contributed by atoms with van der Waals surface area (Å²) in [7, 11) is 6.87. The second kappa shape index (κ2) is 9.71. The molecule has 0 spiro atoms. The molecule has 2 aliphatic rings. The number of carbonyl (C=O) groups excluding carboxylic acids is 1. The molecule has 8 nitrogen and oxygen atoms in total. The molecule has 0 saturated carbocycles. The molecular weight excluding hydrogens is 496 g/mol. The average Bonchev–Trinajstić information content (AvgIpc) is 3.45. The van der Waals surface area contributed by atoms with E-state index in [0.29, 0.717) is 48.4 Å². The van der Waals surface area contributed by atoms with Crippen molar-refractivity contribution in [2.45, 2.75) is 20.0 Å². The first-order chi connectivity index (χ1) is 18.9. The minimum atomic E-state index is -0.123. The molecule has 0 N–H and O–H groups in total. The highest BCUT2D eigenvalue weighted by Gasteiger charge is 2.35. The fourth-order valence-corrected chi connectivity index (χ4v) is 5.40. The summed E-state index contributed by atoms with van der Waals surface area (Å²) in [6.07, 6.45) is 3.81. The monoisotopic (exact) mass is 526 g/mol. The Morgan fingerprint density at radius 2 is 1.82 bits per heavy atom. The van der Waals surface area contributed by atoms with Gasteiger partial charge in [0.05, 0.1) is 32.5 Å². The van der Waals surface area contributed by atoms with Gasteiger partial charge in [0, 0.05) is 42.8 Å². The third kappa shape index (κ3) is 4.27. The first kappa shape index (κ1) is 24.9. The molecule has 0 atom stereocenters. The largest absolute Gasteiger partial charge is 0.497 e. The number of allylic oxidation sites excluding steroid dienone is 1. The van der Waals surface area contributed by atoms with E-state index in [0.717, 1.165) is 44.7 Å². The zero-order chi connectivity index (χ0) is 27.3. The van der Waals surface area contributed by atoms with E-state index < -0.39 is 0 Å². The lowest BCUT2D eigenvalue weighted by Crippen LogP contribution is -2.31. The molecule has 0 radical (unpaired) electrons. The van der Waals surface area contributed by atoms with Gasteiger partial charge >= 0.3 is 0 Å². The molecule has 0 bridgehead atoms. The van der Waals surface area contributed by atoms with Crippen LogP contribution in [0.1, 0.15) is 32.6 Å². The Morgan fingerprint density at radius 1 is 1.00 bits per heavy atom. The van der Waals surface area contributed by atoms with Crippen LogP contribution in [0, 0.1) is 6.92 Å². The number of hydrogen-bond donors (Lipinski definition) is 0. The van der Waals surface area contributed by atoms with E-state index >= 15 is 0 Å². The van der Waals surface area contributed by atoms with Crippen LogP contribution in [0.2, 0.25) is 0 Å². The molecule has 1 aromatic heterocycles. The smallest absolute Gasteiger partial charge is 0.232 e. The van der Waals surface area contributed by atoms with Gasteiger partial charge in [0.2, 0.25) is 5.78 Å². The van der Waals surface area contributed by atoms with Crippen molar-refractivity contribution < 1.29 is 28.5 Å². The van der Waals surface area contributed by atoms with Crippen molar-refractivity contribution in [1.29, 1.82) is 0 Å². The Balaban J connectivity index is 1.32. The van der Waals surface area contributed by atoms with Gasteiger partial charge in [-0.2, -0.15) is 0 Å². The van der Waals surface area contributed by atoms with Crippen LogP contribution in [-0.4, -0.2) is 43.3 Å². The van der Waals surface area contributed by atoms with Gasteiger partial charge in [0.1, 0.15) is 24.0 Å². The standard InChI is InChI=1S/C31H30N2O6/c1-18-10-26-23(16-33(17-38-26)14-19-6-9-25(36-4)27(11-19)37-5)31-29(18)30(34)28(39-31)12-20-15-32(2)24-8-7-21(35-3)13-22(20)24/h6-13,15H,14,16-17H2,1-5H3/b28-12-. The van der Waals surface area contributed by atoms with Gasteiger partial charge in [-0.15, -0.1) is 0 Å². The number of fused-ring (bicyclic) bond motifs is 4. The van der Waals surface area contributed by atoms with Crippen molar-refractivity contribution in [3.8, 4) is 28.7 Å². The number of ketones is 1. The first-order valence-corrected chi connectivity index (χ1v) is 12.7. The predicted molar refractivity (Wildman–Crippen MR) is 148 cm³/mol. The van der Waals surface area contributed by atoms with Gasteiger partial charge in [0.25, 0.3) is 0 Å². The number of aryl methyl sites for hydroxylation is 2. The van der Waals surface area contributed by atoms with E-state index in [1.807, 2.05) is 73.3 Å². The van der Waals surface area contributed by atoms with Crippen LogP contribution in [0.4, 0.5) is 0 Å². The van der Waals surface area contributed by atoms with Gasteiger partial charge in [-0.05, 0) is 60.5 Å². The molecule has 3 aromatic carbocycles. The summed E-state index contributed by atoms with van der Waals surface area (Å²) in [5.74, 6) is 3.63. The zero-order valence-electron chi connectivity index (χ0n) is 22.7. The molecule has 4 aromatic rings. The third-order valence-corrected chi connectivity index (χ3v) is 7.36. The number of carbonyl (C=O) groups is 1. The number of methoxy groups -OCH3 is 3. The Kier molecular flexibility index (Phi) is 6.19. The molecule has 8 heteroatoms. The van der Waals surface area contributed by atoms with E-state index in [1.54, 1.807) is 21.3 Å². The molecule has 2 aliphatic heterocycles. The Morgan fingerprint density at radius 3 is 2.59 bits per heavy atom. The molecular formula is C31H30N2O6. The van der Waals surface area contributed by atoms with Crippen LogP contribution < -0.4 is 23.7 Å². The Hall–Kier alpha value is -4.43. The molecule has 39 heavy (non-hydrogen) atoms. The number of benzene rings is 3. The summed E-state index contributed by atoms with van der Waals surface area (Å²) in [4.78, 5) is 15.7. The van der Waals surface area contributed by atoms with Gasteiger partial charge in [-0.25, -0.2) is 0 Å². The van der Waals surface area contributed by atoms with Gasteiger partial charge < -0.3 is 28.3 Å². The highest BCUT2D eigenvalue weighted by Crippen LogP contribution is 2.44. The maximum absolute atomic E-state index is 13.6. The fourth-order valence-electron chi connectivity index (χ4n) is 5.40. The number of Topliss-reactive ketones (excluding diaryl/α,β-unsaturated/α-hetero) is 1. The number of aromatic nitrogens is 1. The van der Waals surface area contributed by atoms with Crippen LogP contribution in [0.15, 0.2) is 54.4 Å². The molecule has 0 fully saturated rings. The van der Waals surface area contributed by atoms with Crippen molar-refractivity contribution >= 4 is 22.8 Å². The van der Waals surface area contributed by atoms with Crippen molar-refractivity contribution in [2.24, 2.45) is 7.05 Å². The Bertz CT molecular complexity index is 1650. The molecule has 200 valence electrons. The topological polar surface area (TPSA) is 71.4 Å². The summed E-state index contributed by atoms with van der Waals surface area (Å²) < 4.78 is 30.7. The van der Waals surface area contributed by atoms with Gasteiger partial charge in [-0.3, -0.25) is 9.69 Å². The van der Waals surface area contributed by atoms with Crippen molar-refractivity contribution in [3.63, 3.8) is 0 Å². The number of hydrogen-bond acceptors (Lipinski definition) is 7. The minimum Gasteiger partial charge on any atom is -0.497 e. The SMILES string of the molecule is COc1ccc2c(c1)c(/C=C1\Oc3c4c(cc(C)c3C1=O)OCN(Cc1ccc(OC)c(OC)c1)C4)cn2C. The van der Waals surface area contributed by atoms with Gasteiger partial charge in [0.15, 0.2) is 17.3 Å². The van der Waals surface area contributed by atoms with Crippen LogP contribution in [-0.2, 0) is 20.1 Å². The van der Waals surface area contributed by atoms with Crippen molar-refractivity contribution in [1.82, 2.24) is 9.47 Å². The number of ether oxygens (including phenoxy) is 5. The van der Waals surface area contributed by atoms with E-state index in [9.17, 15) is 4.79 Å². The molecule has 0 unspecified atom stereocenters. The summed E-state index contributed by atoms with van der Waals surface area (Å²) in [6.45, 7) is 3.56. The summed E-state index contributed by atoms with van der Waals surface area (Å²) in [5.41, 5.74) is 5.30. The maximum atomic E-state index is 13.6. The van der Waals surface area contributed by atoms with Crippen LogP contribution >= 0.6 is 0 Å².